The van der Waals surface area contributed by atoms with E-state index in [1.54, 1.807) is 28.1 Å². The first-order valence-electron chi connectivity index (χ1n) is 17.4. The van der Waals surface area contributed by atoms with Crippen LogP contribution in [0.1, 0.15) is 37.1 Å². The van der Waals surface area contributed by atoms with Gasteiger partial charge in [-0.05, 0) is 72.0 Å². The Morgan fingerprint density at radius 3 is 1.39 bits per heavy atom. The highest BCUT2D eigenvalue weighted by molar-refractivity contribution is 7.80. The van der Waals surface area contributed by atoms with Crippen LogP contribution in [0.4, 0.5) is 0 Å². The van der Waals surface area contributed by atoms with Crippen LogP contribution in [-0.2, 0) is 28.5 Å². The fraction of sp³-hybridized carbons (Fsp3) is 0.300. The van der Waals surface area contributed by atoms with Gasteiger partial charge >= 0.3 is 11.9 Å². The third-order valence-corrected chi connectivity index (χ3v) is 9.50. The number of benzene rings is 4. The maximum absolute atomic E-state index is 13.5. The van der Waals surface area contributed by atoms with E-state index in [0.29, 0.717) is 44.3 Å². The van der Waals surface area contributed by atoms with Crippen LogP contribution in [-0.4, -0.2) is 76.0 Å². The van der Waals surface area contributed by atoms with Crippen LogP contribution in [0.3, 0.4) is 0 Å². The molecule has 0 aromatic heterocycles. The smallest absolute Gasteiger partial charge is 0.338 e. The van der Waals surface area contributed by atoms with E-state index in [-0.39, 0.29) is 39.6 Å². The van der Waals surface area contributed by atoms with Crippen molar-refractivity contribution in [3.63, 3.8) is 0 Å². The highest BCUT2D eigenvalue weighted by Gasteiger charge is 2.36. The molecule has 14 heteroatoms. The Labute approximate surface area is 324 Å². The van der Waals surface area contributed by atoms with Crippen molar-refractivity contribution in [1.29, 1.82) is 0 Å². The average Bonchev–Trinajstić information content (AvgIpc) is 3.15. The molecule has 0 saturated carbocycles. The standard InChI is InChI=1S/C40H42N4O8S2/c1-23-31(37(45)51-19-17-47-3)35(43-39(53)41-23)33-27-11-7-5-9-25(27)13-15-29(33)49-21-22-50-30-16-14-26-10-6-8-12-28(26)34(30)36-32(24(2)42-40(54)44-36)38(46)52-20-18-48-4/h5-16,35-36H,17-22H2,1-4H3,(H2,41,43,53)(H2,42,44,54). The summed E-state index contributed by atoms with van der Waals surface area (Å²) in [5.41, 5.74) is 3.37. The highest BCUT2D eigenvalue weighted by atomic mass is 32.1. The summed E-state index contributed by atoms with van der Waals surface area (Å²) >= 11 is 11.1. The second-order valence-electron chi connectivity index (χ2n) is 12.5. The first-order chi connectivity index (χ1) is 26.2. The van der Waals surface area contributed by atoms with Gasteiger partial charge in [0.1, 0.15) is 37.9 Å². The van der Waals surface area contributed by atoms with Gasteiger partial charge in [-0.15, -0.1) is 0 Å². The maximum Gasteiger partial charge on any atom is 0.338 e. The molecular weight excluding hydrogens is 729 g/mol. The van der Waals surface area contributed by atoms with Gasteiger partial charge in [-0.25, -0.2) is 9.59 Å². The summed E-state index contributed by atoms with van der Waals surface area (Å²) in [6, 6.07) is 22.1. The van der Waals surface area contributed by atoms with Gasteiger partial charge in [0.05, 0.1) is 36.4 Å². The van der Waals surface area contributed by atoms with E-state index in [0.717, 1.165) is 32.7 Å². The first-order valence-corrected chi connectivity index (χ1v) is 18.2. The molecule has 0 radical (unpaired) electrons. The number of thiocarbonyl (C=S) groups is 2. The molecule has 2 aliphatic rings. The number of ether oxygens (including phenoxy) is 6. The lowest BCUT2D eigenvalue weighted by molar-refractivity contribution is -0.141. The topological polar surface area (TPSA) is 138 Å². The largest absolute Gasteiger partial charge is 0.490 e. The molecule has 2 unspecified atom stereocenters. The van der Waals surface area contributed by atoms with Gasteiger partial charge in [-0.1, -0.05) is 60.7 Å². The number of hydrogen-bond donors (Lipinski definition) is 4. The van der Waals surface area contributed by atoms with Gasteiger partial charge in [-0.3, -0.25) is 0 Å². The predicted octanol–water partition coefficient (Wildman–Crippen LogP) is 5.42. The molecule has 0 amide bonds. The molecule has 0 fully saturated rings. The number of allylic oxidation sites excluding steroid dienone is 2. The van der Waals surface area contributed by atoms with Crippen LogP contribution in [0.15, 0.2) is 95.3 Å². The quantitative estimate of drug-likeness (QED) is 0.0696. The van der Waals surface area contributed by atoms with Crippen molar-refractivity contribution in [2.75, 3.05) is 53.9 Å². The lowest BCUT2D eigenvalue weighted by Gasteiger charge is -2.32. The Hall–Kier alpha value is -5.28. The van der Waals surface area contributed by atoms with E-state index in [1.807, 2.05) is 72.8 Å². The van der Waals surface area contributed by atoms with Crippen LogP contribution < -0.4 is 30.7 Å². The van der Waals surface area contributed by atoms with Crippen LogP contribution in [0.25, 0.3) is 21.5 Å². The molecule has 0 aliphatic carbocycles. The number of nitrogens with one attached hydrogen (secondary N) is 4. The van der Waals surface area contributed by atoms with Gasteiger partial charge in [0.2, 0.25) is 0 Å². The van der Waals surface area contributed by atoms with Crippen molar-refractivity contribution in [2.24, 2.45) is 0 Å². The normalized spacial score (nSPS) is 17.0. The van der Waals surface area contributed by atoms with Gasteiger partial charge in [0, 0.05) is 36.7 Å². The number of rotatable bonds is 15. The molecule has 6 rings (SSSR count). The van der Waals surface area contributed by atoms with Crippen molar-refractivity contribution >= 4 is 68.1 Å². The predicted molar refractivity (Wildman–Crippen MR) is 213 cm³/mol. The summed E-state index contributed by atoms with van der Waals surface area (Å²) in [5.74, 6) is 0.0807. The van der Waals surface area contributed by atoms with Crippen LogP contribution in [0.2, 0.25) is 0 Å². The fourth-order valence-electron chi connectivity index (χ4n) is 6.65. The zero-order valence-electron chi connectivity index (χ0n) is 30.4. The molecule has 2 aliphatic heterocycles. The number of fused-ring (bicyclic) bond motifs is 2. The van der Waals surface area contributed by atoms with E-state index >= 15 is 0 Å². The monoisotopic (exact) mass is 770 g/mol. The van der Waals surface area contributed by atoms with Crippen LogP contribution in [0, 0.1) is 0 Å². The molecule has 54 heavy (non-hydrogen) atoms. The lowest BCUT2D eigenvalue weighted by atomic mass is 9.90. The van der Waals surface area contributed by atoms with Gasteiger partial charge < -0.3 is 49.7 Å². The highest BCUT2D eigenvalue weighted by Crippen LogP contribution is 2.41. The summed E-state index contributed by atoms with van der Waals surface area (Å²) in [5, 5.41) is 17.1. The lowest BCUT2D eigenvalue weighted by Crippen LogP contribution is -2.45. The minimum absolute atomic E-state index is 0.0980. The number of carbonyl (C=O) groups excluding carboxylic acids is 2. The molecule has 12 nitrogen and oxygen atoms in total. The molecule has 0 bridgehead atoms. The average molecular weight is 771 g/mol. The number of esters is 2. The van der Waals surface area contributed by atoms with Crippen molar-refractivity contribution in [3.8, 4) is 11.5 Å². The van der Waals surface area contributed by atoms with Crippen LogP contribution >= 0.6 is 24.4 Å². The SMILES string of the molecule is COCCOC(=O)C1=C(C)NC(=S)NC1c1c(OCCOc2ccc3ccccc3c2C2NC(=S)NC(C)=C2C(=O)OCCOC)ccc2ccccc12. The first kappa shape index (κ1) is 38.4. The second kappa shape index (κ2) is 17.7. The second-order valence-corrected chi connectivity index (χ2v) is 13.3. The van der Waals surface area contributed by atoms with E-state index < -0.39 is 24.0 Å². The van der Waals surface area contributed by atoms with E-state index in [2.05, 4.69) is 21.3 Å². The van der Waals surface area contributed by atoms with Crippen molar-refractivity contribution in [3.05, 3.63) is 106 Å². The Morgan fingerprint density at radius 1 is 0.574 bits per heavy atom. The molecule has 0 spiro atoms. The Kier molecular flexibility index (Phi) is 12.6. The van der Waals surface area contributed by atoms with Crippen molar-refractivity contribution in [1.82, 2.24) is 21.3 Å². The Bertz CT molecular complexity index is 2000. The van der Waals surface area contributed by atoms with Crippen molar-refractivity contribution < 1.29 is 38.0 Å². The number of hydrogen-bond acceptors (Lipinski definition) is 10. The van der Waals surface area contributed by atoms with Crippen molar-refractivity contribution in [2.45, 2.75) is 25.9 Å². The van der Waals surface area contributed by atoms with Gasteiger partial charge in [-0.2, -0.15) is 0 Å². The summed E-state index contributed by atoms with van der Waals surface area (Å²) < 4.78 is 34.3. The Balaban J connectivity index is 1.31. The minimum Gasteiger partial charge on any atom is -0.490 e. The molecule has 0 saturated heterocycles. The molecule has 282 valence electrons. The molecule has 4 N–H and O–H groups in total. The fourth-order valence-corrected chi connectivity index (χ4v) is 7.20. The third-order valence-electron chi connectivity index (χ3n) is 9.06. The molecule has 2 heterocycles. The van der Waals surface area contributed by atoms with Crippen LogP contribution in [0.5, 0.6) is 11.5 Å². The maximum atomic E-state index is 13.5. The van der Waals surface area contributed by atoms with E-state index in [1.165, 1.54) is 0 Å². The summed E-state index contributed by atoms with van der Waals surface area (Å²) in [6.45, 7) is 4.59. The summed E-state index contributed by atoms with van der Waals surface area (Å²) in [7, 11) is 3.09. The molecular formula is C40H42N4O8S2. The molecule has 4 aromatic rings. The third kappa shape index (κ3) is 8.42. The minimum atomic E-state index is -0.671. The van der Waals surface area contributed by atoms with Gasteiger partial charge in [0.25, 0.3) is 0 Å². The van der Waals surface area contributed by atoms with Gasteiger partial charge in [0.15, 0.2) is 10.2 Å². The number of methoxy groups -OCH3 is 2. The zero-order valence-corrected chi connectivity index (χ0v) is 32.0. The number of carbonyl (C=O) groups is 2. The summed E-state index contributed by atoms with van der Waals surface area (Å²) in [4.78, 5) is 27.0. The Morgan fingerprint density at radius 2 is 0.981 bits per heavy atom. The van der Waals surface area contributed by atoms with E-state index in [4.69, 9.17) is 52.9 Å². The molecule has 2 atom stereocenters. The molecule has 4 aromatic carbocycles. The van der Waals surface area contributed by atoms with E-state index in [9.17, 15) is 9.59 Å². The zero-order chi connectivity index (χ0) is 38.2. The summed E-state index contributed by atoms with van der Waals surface area (Å²) in [6.07, 6.45) is 0.